The largest absolute Gasteiger partial charge is 0.495 e. The van der Waals surface area contributed by atoms with Crippen molar-refractivity contribution >= 4 is 10.9 Å². The van der Waals surface area contributed by atoms with E-state index in [4.69, 9.17) is 4.74 Å². The van der Waals surface area contributed by atoms with Crippen molar-refractivity contribution in [3.05, 3.63) is 30.0 Å². The summed E-state index contributed by atoms with van der Waals surface area (Å²) in [5.74, 6) is 0.943. The molecule has 2 aromatic rings. The summed E-state index contributed by atoms with van der Waals surface area (Å²) in [6, 6.07) is 6.65. The fourth-order valence-electron chi connectivity index (χ4n) is 2.25. The molecule has 92 valence electrons. The molecule has 17 heavy (non-hydrogen) atoms. The van der Waals surface area contributed by atoms with Crippen LogP contribution in [0.25, 0.3) is 10.9 Å². The first-order chi connectivity index (χ1) is 8.19. The molecule has 0 fully saturated rings. The van der Waals surface area contributed by atoms with Crippen LogP contribution in [0.15, 0.2) is 24.4 Å². The van der Waals surface area contributed by atoms with E-state index in [0.29, 0.717) is 6.04 Å². The summed E-state index contributed by atoms with van der Waals surface area (Å²) in [6.45, 7) is 5.26. The van der Waals surface area contributed by atoms with Gasteiger partial charge < -0.3 is 14.6 Å². The molecule has 0 aliphatic rings. The molecule has 0 unspecified atom stereocenters. The number of para-hydroxylation sites is 1. The summed E-state index contributed by atoms with van der Waals surface area (Å²) in [5.41, 5.74) is 2.50. The van der Waals surface area contributed by atoms with E-state index in [1.807, 2.05) is 19.2 Å². The zero-order chi connectivity index (χ0) is 12.4. The van der Waals surface area contributed by atoms with E-state index in [2.05, 4.69) is 36.0 Å². The van der Waals surface area contributed by atoms with Gasteiger partial charge in [-0.3, -0.25) is 0 Å². The topological polar surface area (TPSA) is 26.2 Å². The van der Waals surface area contributed by atoms with Crippen LogP contribution in [0.2, 0.25) is 0 Å². The van der Waals surface area contributed by atoms with Crippen LogP contribution in [0, 0.1) is 0 Å². The Bertz CT molecular complexity index is 514. The molecule has 3 heteroatoms. The van der Waals surface area contributed by atoms with Crippen molar-refractivity contribution in [3.8, 4) is 5.75 Å². The van der Waals surface area contributed by atoms with Crippen molar-refractivity contribution in [3.63, 3.8) is 0 Å². The smallest absolute Gasteiger partial charge is 0.143 e. The van der Waals surface area contributed by atoms with Crippen LogP contribution >= 0.6 is 0 Å². The highest BCUT2D eigenvalue weighted by atomic mass is 16.5. The minimum Gasteiger partial charge on any atom is -0.495 e. The maximum atomic E-state index is 5.47. The zero-order valence-corrected chi connectivity index (χ0v) is 10.9. The lowest BCUT2D eigenvalue weighted by Gasteiger charge is -2.11. The Morgan fingerprint density at radius 1 is 1.35 bits per heavy atom. The zero-order valence-electron chi connectivity index (χ0n) is 10.9. The van der Waals surface area contributed by atoms with Gasteiger partial charge in [0.05, 0.1) is 12.6 Å². The van der Waals surface area contributed by atoms with E-state index in [0.717, 1.165) is 12.3 Å². The van der Waals surface area contributed by atoms with Gasteiger partial charge >= 0.3 is 0 Å². The van der Waals surface area contributed by atoms with E-state index in [1.54, 1.807) is 7.11 Å². The molecule has 0 spiro atoms. The fraction of sp³-hybridized carbons (Fsp3) is 0.429. The first-order valence-electron chi connectivity index (χ1n) is 6.00. The molecule has 0 aliphatic carbocycles. The second-order valence-corrected chi connectivity index (χ2v) is 4.54. The van der Waals surface area contributed by atoms with Crippen LogP contribution in [0.1, 0.15) is 25.5 Å². The lowest BCUT2D eigenvalue weighted by atomic mass is 10.1. The maximum Gasteiger partial charge on any atom is 0.143 e. The van der Waals surface area contributed by atoms with Crippen molar-refractivity contribution in [2.24, 2.45) is 0 Å². The Morgan fingerprint density at radius 2 is 2.12 bits per heavy atom. The molecule has 0 saturated carbocycles. The van der Waals surface area contributed by atoms with Gasteiger partial charge in [-0.25, -0.2) is 0 Å². The number of rotatable bonds is 4. The van der Waals surface area contributed by atoms with Gasteiger partial charge in [-0.1, -0.05) is 12.1 Å². The van der Waals surface area contributed by atoms with Crippen molar-refractivity contribution < 1.29 is 4.74 Å². The summed E-state index contributed by atoms with van der Waals surface area (Å²) in [7, 11) is 3.70. The molecular formula is C14H20N2O. The van der Waals surface area contributed by atoms with Crippen molar-refractivity contribution in [1.29, 1.82) is 0 Å². The molecule has 0 radical (unpaired) electrons. The number of aromatic nitrogens is 1. The Morgan fingerprint density at radius 3 is 2.71 bits per heavy atom. The Kier molecular flexibility index (Phi) is 3.38. The molecule has 0 atom stereocenters. The van der Waals surface area contributed by atoms with Crippen LogP contribution in [-0.4, -0.2) is 18.7 Å². The lowest BCUT2D eigenvalue weighted by molar-refractivity contribution is 0.416. The average molecular weight is 232 g/mol. The third-order valence-electron chi connectivity index (χ3n) is 3.04. The molecule has 1 heterocycles. The van der Waals surface area contributed by atoms with Crippen LogP contribution in [0.5, 0.6) is 5.75 Å². The number of benzene rings is 1. The SMILES string of the molecule is CNCc1cn(C(C)C)c2c(OC)cccc12. The third-order valence-corrected chi connectivity index (χ3v) is 3.04. The number of ether oxygens (including phenoxy) is 1. The number of nitrogens with zero attached hydrogens (tertiary/aromatic N) is 1. The Labute approximate surface area is 102 Å². The highest BCUT2D eigenvalue weighted by Crippen LogP contribution is 2.31. The summed E-state index contributed by atoms with van der Waals surface area (Å²) < 4.78 is 7.75. The second-order valence-electron chi connectivity index (χ2n) is 4.54. The van der Waals surface area contributed by atoms with Gasteiger partial charge in [0.2, 0.25) is 0 Å². The van der Waals surface area contributed by atoms with E-state index in [1.165, 1.54) is 16.5 Å². The van der Waals surface area contributed by atoms with Gasteiger partial charge in [-0.15, -0.1) is 0 Å². The summed E-state index contributed by atoms with van der Waals surface area (Å²) in [5, 5.41) is 4.48. The molecule has 0 aliphatic heterocycles. The first kappa shape index (κ1) is 12.0. The van der Waals surface area contributed by atoms with Gasteiger partial charge in [-0.05, 0) is 32.5 Å². The van der Waals surface area contributed by atoms with Crippen LogP contribution < -0.4 is 10.1 Å². The summed E-state index contributed by atoms with van der Waals surface area (Å²) in [6.07, 6.45) is 2.22. The van der Waals surface area contributed by atoms with Crippen molar-refractivity contribution in [2.45, 2.75) is 26.4 Å². The number of hydrogen-bond acceptors (Lipinski definition) is 2. The van der Waals surface area contributed by atoms with Gasteiger partial charge in [-0.2, -0.15) is 0 Å². The predicted octanol–water partition coefficient (Wildman–Crippen LogP) is 2.95. The van der Waals surface area contributed by atoms with E-state index >= 15 is 0 Å². The molecule has 0 bridgehead atoms. The second kappa shape index (κ2) is 4.80. The standard InChI is InChI=1S/C14H20N2O/c1-10(2)16-9-11(8-15-3)12-6-5-7-13(17-4)14(12)16/h5-7,9-10,15H,8H2,1-4H3. The molecule has 0 amide bonds. The average Bonchev–Trinajstić information content (AvgIpc) is 2.69. The number of fused-ring (bicyclic) bond motifs is 1. The van der Waals surface area contributed by atoms with E-state index < -0.39 is 0 Å². The fourth-order valence-corrected chi connectivity index (χ4v) is 2.25. The van der Waals surface area contributed by atoms with Crippen molar-refractivity contribution in [1.82, 2.24) is 9.88 Å². The van der Waals surface area contributed by atoms with Gasteiger partial charge in [0, 0.05) is 24.2 Å². The van der Waals surface area contributed by atoms with E-state index in [9.17, 15) is 0 Å². The van der Waals surface area contributed by atoms with Gasteiger partial charge in [0.1, 0.15) is 5.75 Å². The van der Waals surface area contributed by atoms with Crippen LogP contribution in [0.3, 0.4) is 0 Å². The summed E-state index contributed by atoms with van der Waals surface area (Å²) >= 11 is 0. The monoisotopic (exact) mass is 232 g/mol. The third kappa shape index (κ3) is 2.03. The molecule has 0 saturated heterocycles. The normalized spacial score (nSPS) is 11.4. The molecule has 2 rings (SSSR count). The quantitative estimate of drug-likeness (QED) is 0.877. The minimum atomic E-state index is 0.430. The van der Waals surface area contributed by atoms with E-state index in [-0.39, 0.29) is 0 Å². The first-order valence-corrected chi connectivity index (χ1v) is 6.00. The van der Waals surface area contributed by atoms with Crippen LogP contribution in [-0.2, 0) is 6.54 Å². The molecular weight excluding hydrogens is 212 g/mol. The number of nitrogens with one attached hydrogen (secondary N) is 1. The molecule has 3 nitrogen and oxygen atoms in total. The maximum absolute atomic E-state index is 5.47. The molecule has 1 aromatic carbocycles. The molecule has 1 N–H and O–H groups in total. The Balaban J connectivity index is 2.71. The van der Waals surface area contributed by atoms with Gasteiger partial charge in [0.25, 0.3) is 0 Å². The number of methoxy groups -OCH3 is 1. The Hall–Kier alpha value is -1.48. The summed E-state index contributed by atoms with van der Waals surface area (Å²) in [4.78, 5) is 0. The highest BCUT2D eigenvalue weighted by molar-refractivity contribution is 5.89. The van der Waals surface area contributed by atoms with Gasteiger partial charge in [0.15, 0.2) is 0 Å². The van der Waals surface area contributed by atoms with Crippen molar-refractivity contribution in [2.75, 3.05) is 14.2 Å². The molecule has 1 aromatic heterocycles. The van der Waals surface area contributed by atoms with Crippen LogP contribution in [0.4, 0.5) is 0 Å². The lowest BCUT2D eigenvalue weighted by Crippen LogP contribution is -2.04. The highest BCUT2D eigenvalue weighted by Gasteiger charge is 2.13. The minimum absolute atomic E-state index is 0.430. The predicted molar refractivity (Wildman–Crippen MR) is 71.6 cm³/mol. The number of hydrogen-bond donors (Lipinski definition) is 1.